The molecule has 6 heteroatoms. The van der Waals surface area contributed by atoms with Gasteiger partial charge in [0.25, 0.3) is 0 Å². The molecule has 0 saturated carbocycles. The first-order valence-corrected chi connectivity index (χ1v) is 5.21. The topological polar surface area (TPSA) is 32.3 Å². The summed E-state index contributed by atoms with van der Waals surface area (Å²) in [5.41, 5.74) is 0.319. The van der Waals surface area contributed by atoms with Crippen LogP contribution < -0.4 is 5.32 Å². The van der Waals surface area contributed by atoms with Crippen molar-refractivity contribution in [2.45, 2.75) is 0 Å². The summed E-state index contributed by atoms with van der Waals surface area (Å²) >= 11 is 8.71. The van der Waals surface area contributed by atoms with Crippen molar-refractivity contribution in [3.8, 4) is 0 Å². The molecular weight excluding hydrogens is 286 g/mol. The molecule has 0 aromatic heterocycles. The maximum atomic E-state index is 13.2. The fourth-order valence-corrected chi connectivity index (χ4v) is 1.30. The summed E-state index contributed by atoms with van der Waals surface area (Å²) in [5, 5.41) is 2.70. The van der Waals surface area contributed by atoms with Crippen molar-refractivity contribution in [1.29, 1.82) is 0 Å². The Morgan fingerprint density at radius 1 is 1.53 bits per heavy atom. The van der Waals surface area contributed by atoms with E-state index in [1.807, 2.05) is 0 Å². The number of amides is 2. The number of benzene rings is 1. The second kappa shape index (κ2) is 4.81. The van der Waals surface area contributed by atoms with Gasteiger partial charge in [0.15, 0.2) is 0 Å². The summed E-state index contributed by atoms with van der Waals surface area (Å²) in [6, 6.07) is 2.32. The van der Waals surface area contributed by atoms with E-state index >= 15 is 0 Å². The first kappa shape index (κ1) is 12.3. The number of hydrogen-bond acceptors (Lipinski definition) is 1. The van der Waals surface area contributed by atoms with E-state index in [2.05, 4.69) is 21.2 Å². The first-order valence-electron chi connectivity index (χ1n) is 4.04. The van der Waals surface area contributed by atoms with Crippen molar-refractivity contribution in [2.75, 3.05) is 19.4 Å². The average Bonchev–Trinajstić information content (AvgIpc) is 2.13. The molecule has 0 fully saturated rings. The summed E-state index contributed by atoms with van der Waals surface area (Å²) in [7, 11) is 3.18. The van der Waals surface area contributed by atoms with Gasteiger partial charge in [-0.2, -0.15) is 0 Å². The van der Waals surface area contributed by atoms with Crippen LogP contribution in [-0.2, 0) is 0 Å². The fraction of sp³-hybridized carbons (Fsp3) is 0.222. The Balaban J connectivity index is 2.93. The number of carbonyl (C=O) groups excluding carboxylic acids is 1. The molecule has 0 spiro atoms. The standard InChI is InChI=1S/C9H9BrClFN2O/c1-14(2)9(15)13-5-3-6(11)8(10)7(12)4-5/h3-4H,1-2H3,(H,13,15). The molecule has 82 valence electrons. The minimum absolute atomic E-state index is 0.187. The van der Waals surface area contributed by atoms with Gasteiger partial charge in [-0.1, -0.05) is 11.6 Å². The predicted molar refractivity (Wildman–Crippen MR) is 61.8 cm³/mol. The molecule has 15 heavy (non-hydrogen) atoms. The van der Waals surface area contributed by atoms with Crippen LogP contribution in [0.3, 0.4) is 0 Å². The highest BCUT2D eigenvalue weighted by Crippen LogP contribution is 2.28. The molecule has 0 bridgehead atoms. The van der Waals surface area contributed by atoms with E-state index in [0.29, 0.717) is 5.69 Å². The Kier molecular flexibility index (Phi) is 3.93. The highest BCUT2D eigenvalue weighted by atomic mass is 79.9. The molecule has 2 amide bonds. The Labute approximate surface area is 100 Å². The zero-order valence-electron chi connectivity index (χ0n) is 8.14. The highest BCUT2D eigenvalue weighted by Gasteiger charge is 2.09. The minimum Gasteiger partial charge on any atom is -0.331 e. The molecule has 0 saturated heterocycles. The Morgan fingerprint density at radius 2 is 2.13 bits per heavy atom. The van der Waals surface area contributed by atoms with Crippen molar-refractivity contribution in [3.05, 3.63) is 27.4 Å². The van der Waals surface area contributed by atoms with Gasteiger partial charge in [-0.15, -0.1) is 0 Å². The van der Waals surface area contributed by atoms with E-state index in [-0.39, 0.29) is 15.5 Å². The zero-order valence-corrected chi connectivity index (χ0v) is 10.5. The SMILES string of the molecule is CN(C)C(=O)Nc1cc(F)c(Br)c(Cl)c1. The summed E-state index contributed by atoms with van der Waals surface area (Å²) in [4.78, 5) is 12.6. The maximum absolute atomic E-state index is 13.2. The molecule has 1 rings (SSSR count). The molecule has 1 N–H and O–H groups in total. The summed E-state index contributed by atoms with van der Waals surface area (Å²) in [6.45, 7) is 0. The third kappa shape index (κ3) is 3.07. The van der Waals surface area contributed by atoms with Gasteiger partial charge in [-0.25, -0.2) is 9.18 Å². The molecule has 0 atom stereocenters. The van der Waals surface area contributed by atoms with Crippen LogP contribution in [0.1, 0.15) is 0 Å². The minimum atomic E-state index is -0.517. The molecule has 1 aromatic carbocycles. The quantitative estimate of drug-likeness (QED) is 0.792. The van der Waals surface area contributed by atoms with Gasteiger partial charge in [0.1, 0.15) is 5.82 Å². The lowest BCUT2D eigenvalue weighted by Gasteiger charge is -2.12. The number of carbonyl (C=O) groups is 1. The smallest absolute Gasteiger partial charge is 0.321 e. The number of nitrogens with zero attached hydrogens (tertiary/aromatic N) is 1. The van der Waals surface area contributed by atoms with Crippen molar-refractivity contribution in [1.82, 2.24) is 4.90 Å². The lowest BCUT2D eigenvalue weighted by atomic mass is 10.3. The number of hydrogen-bond donors (Lipinski definition) is 1. The number of halogens is 3. The van der Waals surface area contributed by atoms with Gasteiger partial charge in [-0.3, -0.25) is 0 Å². The number of nitrogens with one attached hydrogen (secondary N) is 1. The van der Waals surface area contributed by atoms with Crippen LogP contribution in [0.4, 0.5) is 14.9 Å². The third-order valence-electron chi connectivity index (χ3n) is 1.64. The molecule has 3 nitrogen and oxygen atoms in total. The number of urea groups is 1. The Hall–Kier alpha value is -0.810. The normalized spacial score (nSPS) is 9.93. The largest absolute Gasteiger partial charge is 0.331 e. The molecule has 0 radical (unpaired) electrons. The van der Waals surface area contributed by atoms with Crippen molar-refractivity contribution >= 4 is 39.2 Å². The van der Waals surface area contributed by atoms with Gasteiger partial charge in [-0.05, 0) is 28.1 Å². The van der Waals surface area contributed by atoms with Crippen LogP contribution in [-0.4, -0.2) is 25.0 Å². The first-order chi connectivity index (χ1) is 6.91. The lowest BCUT2D eigenvalue weighted by Crippen LogP contribution is -2.27. The molecule has 0 aliphatic carbocycles. The predicted octanol–water partition coefficient (Wildman–Crippen LogP) is 3.34. The second-order valence-electron chi connectivity index (χ2n) is 3.08. The molecule has 0 heterocycles. The van der Waals surface area contributed by atoms with E-state index in [1.54, 1.807) is 14.1 Å². The van der Waals surface area contributed by atoms with E-state index in [4.69, 9.17) is 11.6 Å². The summed E-state index contributed by atoms with van der Waals surface area (Å²) in [5.74, 6) is -0.517. The van der Waals surface area contributed by atoms with E-state index in [9.17, 15) is 9.18 Å². The highest BCUT2D eigenvalue weighted by molar-refractivity contribution is 9.10. The number of rotatable bonds is 1. The van der Waals surface area contributed by atoms with Gasteiger partial charge in [0, 0.05) is 19.8 Å². The summed E-state index contributed by atoms with van der Waals surface area (Å²) < 4.78 is 13.4. The molecule has 0 aliphatic rings. The van der Waals surface area contributed by atoms with Crippen LogP contribution in [0.25, 0.3) is 0 Å². The maximum Gasteiger partial charge on any atom is 0.321 e. The lowest BCUT2D eigenvalue weighted by molar-refractivity contribution is 0.230. The van der Waals surface area contributed by atoms with Crippen molar-refractivity contribution in [3.63, 3.8) is 0 Å². The molecule has 0 aliphatic heterocycles. The fourth-order valence-electron chi connectivity index (χ4n) is 0.863. The third-order valence-corrected chi connectivity index (χ3v) is 2.97. The average molecular weight is 296 g/mol. The van der Waals surface area contributed by atoms with Crippen LogP contribution in [0, 0.1) is 5.82 Å². The van der Waals surface area contributed by atoms with Crippen LogP contribution >= 0.6 is 27.5 Å². The Morgan fingerprint density at radius 3 is 2.60 bits per heavy atom. The summed E-state index contributed by atoms with van der Waals surface area (Å²) in [6.07, 6.45) is 0. The van der Waals surface area contributed by atoms with Crippen LogP contribution in [0.5, 0.6) is 0 Å². The molecular formula is C9H9BrClFN2O. The van der Waals surface area contributed by atoms with Crippen LogP contribution in [0.2, 0.25) is 5.02 Å². The molecule has 0 unspecified atom stereocenters. The van der Waals surface area contributed by atoms with Gasteiger partial charge in [0.05, 0.1) is 9.50 Å². The van der Waals surface area contributed by atoms with E-state index in [0.717, 1.165) is 0 Å². The zero-order chi connectivity index (χ0) is 11.6. The van der Waals surface area contributed by atoms with E-state index < -0.39 is 5.82 Å². The van der Waals surface area contributed by atoms with Crippen molar-refractivity contribution in [2.24, 2.45) is 0 Å². The van der Waals surface area contributed by atoms with Gasteiger partial charge in [0.2, 0.25) is 0 Å². The van der Waals surface area contributed by atoms with Gasteiger partial charge >= 0.3 is 6.03 Å². The Bertz CT molecular complexity index is 375. The number of anilines is 1. The van der Waals surface area contributed by atoms with E-state index in [1.165, 1.54) is 17.0 Å². The molecule has 1 aromatic rings. The van der Waals surface area contributed by atoms with Gasteiger partial charge < -0.3 is 10.2 Å². The van der Waals surface area contributed by atoms with Crippen molar-refractivity contribution < 1.29 is 9.18 Å². The monoisotopic (exact) mass is 294 g/mol. The second-order valence-corrected chi connectivity index (χ2v) is 4.28. The van der Waals surface area contributed by atoms with Crippen LogP contribution in [0.15, 0.2) is 16.6 Å².